The molecule has 26 heavy (non-hydrogen) atoms. The number of fused-ring (bicyclic) bond motifs is 1. The van der Waals surface area contributed by atoms with Gasteiger partial charge in [0, 0.05) is 5.52 Å². The van der Waals surface area contributed by atoms with Crippen molar-refractivity contribution in [3.8, 4) is 11.5 Å². The van der Waals surface area contributed by atoms with E-state index in [-0.39, 0.29) is 12.2 Å². The second-order valence-electron chi connectivity index (χ2n) is 5.40. The molecule has 2 N–H and O–H groups in total. The zero-order chi connectivity index (χ0) is 18.4. The van der Waals surface area contributed by atoms with Gasteiger partial charge in [0.15, 0.2) is 6.61 Å². The average Bonchev–Trinajstić information content (AvgIpc) is 2.67. The number of rotatable bonds is 6. The van der Waals surface area contributed by atoms with E-state index in [9.17, 15) is 9.59 Å². The molecule has 1 heterocycles. The van der Waals surface area contributed by atoms with Crippen LogP contribution in [0.3, 0.4) is 0 Å². The second kappa shape index (κ2) is 7.98. The third-order valence-corrected chi connectivity index (χ3v) is 3.60. The summed E-state index contributed by atoms with van der Waals surface area (Å²) >= 11 is 0. The first-order valence-electron chi connectivity index (χ1n) is 7.86. The van der Waals surface area contributed by atoms with Crippen molar-refractivity contribution < 1.29 is 14.3 Å². The number of pyridine rings is 1. The van der Waals surface area contributed by atoms with E-state index >= 15 is 0 Å². The number of amides is 1. The second-order valence-corrected chi connectivity index (χ2v) is 5.40. The highest BCUT2D eigenvalue weighted by Crippen LogP contribution is 2.16. The van der Waals surface area contributed by atoms with Gasteiger partial charge in [-0.15, -0.1) is 0 Å². The number of hydrazone groups is 1. The van der Waals surface area contributed by atoms with E-state index in [1.165, 1.54) is 6.21 Å². The Kier molecular flexibility index (Phi) is 5.28. The van der Waals surface area contributed by atoms with Crippen molar-refractivity contribution in [2.75, 3.05) is 13.7 Å². The molecule has 0 spiro atoms. The van der Waals surface area contributed by atoms with Crippen LogP contribution < -0.4 is 20.5 Å². The Morgan fingerprint density at radius 3 is 2.65 bits per heavy atom. The molecular weight excluding hydrogens is 334 g/mol. The van der Waals surface area contributed by atoms with E-state index in [1.807, 2.05) is 24.3 Å². The number of para-hydroxylation sites is 1. The molecule has 0 aliphatic heterocycles. The molecule has 1 amide bonds. The van der Waals surface area contributed by atoms with Crippen molar-refractivity contribution in [2.45, 2.75) is 0 Å². The van der Waals surface area contributed by atoms with Crippen LogP contribution >= 0.6 is 0 Å². The van der Waals surface area contributed by atoms with Crippen molar-refractivity contribution in [3.05, 3.63) is 70.5 Å². The van der Waals surface area contributed by atoms with E-state index in [1.54, 1.807) is 37.4 Å². The fraction of sp³-hybridized carbons (Fsp3) is 0.105. The number of methoxy groups -OCH3 is 1. The summed E-state index contributed by atoms with van der Waals surface area (Å²) in [6, 6.07) is 16.0. The molecule has 2 aromatic carbocycles. The number of aromatic nitrogens is 1. The minimum Gasteiger partial charge on any atom is -0.497 e. The van der Waals surface area contributed by atoms with Gasteiger partial charge in [0.1, 0.15) is 11.5 Å². The van der Waals surface area contributed by atoms with Gasteiger partial charge in [-0.2, -0.15) is 5.10 Å². The smallest absolute Gasteiger partial charge is 0.277 e. The molecule has 0 saturated heterocycles. The van der Waals surface area contributed by atoms with Crippen molar-refractivity contribution in [1.29, 1.82) is 0 Å². The van der Waals surface area contributed by atoms with E-state index in [2.05, 4.69) is 15.5 Å². The normalized spacial score (nSPS) is 10.8. The van der Waals surface area contributed by atoms with Gasteiger partial charge in [0.25, 0.3) is 11.5 Å². The first-order valence-corrected chi connectivity index (χ1v) is 7.86. The highest BCUT2D eigenvalue weighted by Gasteiger charge is 2.03. The van der Waals surface area contributed by atoms with Crippen molar-refractivity contribution in [2.24, 2.45) is 5.10 Å². The number of carbonyl (C=O) groups excluding carboxylic acids is 1. The topological polar surface area (TPSA) is 92.8 Å². The minimum absolute atomic E-state index is 0.197. The summed E-state index contributed by atoms with van der Waals surface area (Å²) in [4.78, 5) is 26.5. The van der Waals surface area contributed by atoms with Crippen LogP contribution in [0.1, 0.15) is 5.56 Å². The molecule has 0 aliphatic carbocycles. The zero-order valence-electron chi connectivity index (χ0n) is 14.1. The maximum Gasteiger partial charge on any atom is 0.277 e. The van der Waals surface area contributed by atoms with Gasteiger partial charge in [0.05, 0.1) is 18.9 Å². The van der Waals surface area contributed by atoms with Crippen LogP contribution in [0.4, 0.5) is 0 Å². The summed E-state index contributed by atoms with van der Waals surface area (Å²) in [5, 5.41) is 4.68. The predicted molar refractivity (Wildman–Crippen MR) is 98.8 cm³/mol. The summed E-state index contributed by atoms with van der Waals surface area (Å²) in [5.74, 6) is 0.803. The number of hydrogen-bond donors (Lipinski definition) is 2. The molecule has 0 fully saturated rings. The molecule has 7 nitrogen and oxygen atoms in total. The van der Waals surface area contributed by atoms with E-state index < -0.39 is 5.91 Å². The molecule has 0 radical (unpaired) electrons. The first kappa shape index (κ1) is 17.2. The molecule has 0 aliphatic rings. The first-order chi connectivity index (χ1) is 12.7. The molecule has 3 rings (SSSR count). The minimum atomic E-state index is -0.436. The summed E-state index contributed by atoms with van der Waals surface area (Å²) in [5.41, 5.74) is 3.14. The molecule has 3 aromatic rings. The zero-order valence-corrected chi connectivity index (χ0v) is 14.1. The third kappa shape index (κ3) is 4.27. The average molecular weight is 351 g/mol. The Hall–Kier alpha value is -3.61. The molecule has 1 aromatic heterocycles. The predicted octanol–water partition coefficient (Wildman–Crippen LogP) is 2.07. The Morgan fingerprint density at radius 2 is 1.88 bits per heavy atom. The van der Waals surface area contributed by atoms with Gasteiger partial charge in [-0.25, -0.2) is 5.43 Å². The maximum absolute atomic E-state index is 12.0. The van der Waals surface area contributed by atoms with Crippen LogP contribution in [0.5, 0.6) is 11.5 Å². The third-order valence-electron chi connectivity index (χ3n) is 3.60. The number of benzene rings is 2. The van der Waals surface area contributed by atoms with Crippen LogP contribution in [-0.4, -0.2) is 30.8 Å². The van der Waals surface area contributed by atoms with Crippen LogP contribution in [0.25, 0.3) is 10.9 Å². The largest absolute Gasteiger partial charge is 0.497 e. The quantitative estimate of drug-likeness (QED) is 0.525. The van der Waals surface area contributed by atoms with E-state index in [0.29, 0.717) is 17.1 Å². The number of nitrogens with zero attached hydrogens (tertiary/aromatic N) is 1. The monoisotopic (exact) mass is 351 g/mol. The number of nitrogens with one attached hydrogen (secondary N) is 2. The number of ether oxygens (including phenoxy) is 2. The number of aromatic amines is 1. The lowest BCUT2D eigenvalue weighted by Crippen LogP contribution is -2.25. The Balaban J connectivity index is 1.56. The van der Waals surface area contributed by atoms with Crippen LogP contribution in [0.2, 0.25) is 0 Å². The fourth-order valence-electron chi connectivity index (χ4n) is 2.29. The fourth-order valence-corrected chi connectivity index (χ4v) is 2.29. The lowest BCUT2D eigenvalue weighted by Gasteiger charge is -2.05. The summed E-state index contributed by atoms with van der Waals surface area (Å²) in [7, 11) is 1.57. The Bertz CT molecular complexity index is 994. The van der Waals surface area contributed by atoms with Gasteiger partial charge in [0.2, 0.25) is 0 Å². The molecule has 7 heteroatoms. The molecule has 0 saturated carbocycles. The van der Waals surface area contributed by atoms with Gasteiger partial charge in [-0.3, -0.25) is 9.59 Å². The lowest BCUT2D eigenvalue weighted by molar-refractivity contribution is -0.123. The lowest BCUT2D eigenvalue weighted by atomic mass is 10.2. The van der Waals surface area contributed by atoms with Gasteiger partial charge < -0.3 is 14.5 Å². The highest BCUT2D eigenvalue weighted by molar-refractivity contribution is 5.88. The summed E-state index contributed by atoms with van der Waals surface area (Å²) in [6.07, 6.45) is 1.30. The molecule has 0 unspecified atom stereocenters. The Morgan fingerprint density at radius 1 is 1.15 bits per heavy atom. The Labute approximate surface area is 149 Å². The van der Waals surface area contributed by atoms with E-state index in [0.717, 1.165) is 10.9 Å². The van der Waals surface area contributed by atoms with Crippen molar-refractivity contribution in [1.82, 2.24) is 10.4 Å². The van der Waals surface area contributed by atoms with Crippen LogP contribution in [0, 0.1) is 0 Å². The highest BCUT2D eigenvalue weighted by atomic mass is 16.5. The number of H-pyrrole nitrogens is 1. The van der Waals surface area contributed by atoms with Crippen molar-refractivity contribution in [3.63, 3.8) is 0 Å². The number of carbonyl (C=O) groups is 1. The van der Waals surface area contributed by atoms with Gasteiger partial charge >= 0.3 is 0 Å². The molecule has 132 valence electrons. The molecule has 0 bridgehead atoms. The summed E-state index contributed by atoms with van der Waals surface area (Å²) < 4.78 is 10.4. The number of hydrogen-bond acceptors (Lipinski definition) is 5. The standard InChI is InChI=1S/C19H17N3O4/c1-25-15-6-8-16(9-7-15)26-12-18(23)22-20-11-14-10-13-4-2-3-5-17(13)21-19(14)24/h2-11H,12H2,1H3,(H,21,24)(H,22,23). The van der Waals surface area contributed by atoms with Crippen molar-refractivity contribution >= 4 is 23.0 Å². The maximum atomic E-state index is 12.0. The SMILES string of the molecule is COc1ccc(OCC(=O)NN=Cc2cc3ccccc3[nH]c2=O)cc1. The van der Waals surface area contributed by atoms with Gasteiger partial charge in [-0.05, 0) is 41.8 Å². The van der Waals surface area contributed by atoms with Gasteiger partial charge in [-0.1, -0.05) is 18.2 Å². The van der Waals surface area contributed by atoms with Crippen LogP contribution in [0.15, 0.2) is 64.5 Å². The van der Waals surface area contributed by atoms with E-state index in [4.69, 9.17) is 9.47 Å². The molecule has 0 atom stereocenters. The summed E-state index contributed by atoms with van der Waals surface area (Å²) in [6.45, 7) is -0.197. The molecular formula is C19H17N3O4. The van der Waals surface area contributed by atoms with Crippen LogP contribution in [-0.2, 0) is 4.79 Å².